The highest BCUT2D eigenvalue weighted by molar-refractivity contribution is 5.72. The van der Waals surface area contributed by atoms with Crippen molar-refractivity contribution in [3.8, 4) is 11.5 Å². The minimum Gasteiger partial charge on any atom is -0.508 e. The number of benzene rings is 2. The van der Waals surface area contributed by atoms with Crippen molar-refractivity contribution in [2.45, 2.75) is 6.42 Å². The summed E-state index contributed by atoms with van der Waals surface area (Å²) in [4.78, 5) is 0. The summed E-state index contributed by atoms with van der Waals surface area (Å²) in [6.45, 7) is 7.32. The van der Waals surface area contributed by atoms with E-state index in [1.807, 2.05) is 30.3 Å². The largest absolute Gasteiger partial charge is 0.508 e. The Hall–Kier alpha value is -2.48. The van der Waals surface area contributed by atoms with Crippen LogP contribution in [0.2, 0.25) is 0 Å². The van der Waals surface area contributed by atoms with E-state index >= 15 is 0 Å². The summed E-state index contributed by atoms with van der Waals surface area (Å²) in [7, 11) is 0. The van der Waals surface area contributed by atoms with E-state index in [0.29, 0.717) is 23.1 Å². The molecule has 0 unspecified atom stereocenters. The van der Waals surface area contributed by atoms with Gasteiger partial charge < -0.3 is 10.2 Å². The molecule has 0 heterocycles. The van der Waals surface area contributed by atoms with Gasteiger partial charge in [-0.3, -0.25) is 0 Å². The van der Waals surface area contributed by atoms with Gasteiger partial charge in [-0.2, -0.15) is 0 Å². The summed E-state index contributed by atoms with van der Waals surface area (Å²) in [6, 6.07) is 11.3. The predicted octanol–water partition coefficient (Wildman–Crippen LogP) is 3.97. The van der Waals surface area contributed by atoms with E-state index in [9.17, 15) is 10.2 Å². The van der Waals surface area contributed by atoms with Gasteiger partial charge in [0.05, 0.1) is 0 Å². The Kier molecular flexibility index (Phi) is 3.71. The van der Waals surface area contributed by atoms with Crippen LogP contribution in [-0.4, -0.2) is 10.2 Å². The molecular formula is C17H16O2. The van der Waals surface area contributed by atoms with Gasteiger partial charge in [-0.25, -0.2) is 0 Å². The third-order valence-electron chi connectivity index (χ3n) is 3.10. The van der Waals surface area contributed by atoms with Crippen molar-refractivity contribution in [3.63, 3.8) is 0 Å². The highest BCUT2D eigenvalue weighted by atomic mass is 16.3. The third-order valence-corrected chi connectivity index (χ3v) is 3.10. The Balaban J connectivity index is 2.54. The van der Waals surface area contributed by atoms with Crippen LogP contribution < -0.4 is 0 Å². The van der Waals surface area contributed by atoms with Gasteiger partial charge in [-0.05, 0) is 11.6 Å². The average molecular weight is 252 g/mol. The Morgan fingerprint density at radius 1 is 1.00 bits per heavy atom. The maximum Gasteiger partial charge on any atom is 0.130 e. The van der Waals surface area contributed by atoms with Crippen LogP contribution in [0.3, 0.4) is 0 Å². The molecule has 0 spiro atoms. The molecule has 0 aliphatic carbocycles. The lowest BCUT2D eigenvalue weighted by atomic mass is 9.95. The Morgan fingerprint density at radius 2 is 1.68 bits per heavy atom. The molecule has 19 heavy (non-hydrogen) atoms. The normalized spacial score (nSPS) is 10.1. The fourth-order valence-corrected chi connectivity index (χ4v) is 2.10. The molecule has 0 amide bonds. The molecule has 0 fully saturated rings. The standard InChI is InChI=1S/C17H16O2/c1-3-13-11-16(18)15(14(4-2)17(13)19)10-12-8-6-5-7-9-12/h3-9,11,18-19H,1-2,10H2. The maximum atomic E-state index is 10.1. The van der Waals surface area contributed by atoms with Gasteiger partial charge in [0.1, 0.15) is 11.5 Å². The first kappa shape index (κ1) is 13.0. The summed E-state index contributed by atoms with van der Waals surface area (Å²) in [5.74, 6) is 0.250. The molecule has 0 saturated carbocycles. The number of aromatic hydroxyl groups is 2. The Labute approximate surface area is 113 Å². The quantitative estimate of drug-likeness (QED) is 0.808. The summed E-state index contributed by atoms with van der Waals surface area (Å²) in [6.07, 6.45) is 3.60. The molecule has 0 atom stereocenters. The fraction of sp³-hybridized carbons (Fsp3) is 0.0588. The third kappa shape index (κ3) is 2.52. The second kappa shape index (κ2) is 5.44. The Bertz CT molecular complexity index is 613. The second-order valence-electron chi connectivity index (χ2n) is 4.30. The first-order valence-corrected chi connectivity index (χ1v) is 6.04. The molecule has 0 aliphatic rings. The predicted molar refractivity (Wildman–Crippen MR) is 79.2 cm³/mol. The van der Waals surface area contributed by atoms with Gasteiger partial charge in [0.2, 0.25) is 0 Å². The van der Waals surface area contributed by atoms with E-state index in [0.717, 1.165) is 5.56 Å². The van der Waals surface area contributed by atoms with Gasteiger partial charge in [-0.1, -0.05) is 55.6 Å². The minimum absolute atomic E-state index is 0.105. The molecule has 0 aromatic heterocycles. The SMILES string of the molecule is C=Cc1cc(O)c(Cc2ccccc2)c(C=C)c1O. The van der Waals surface area contributed by atoms with Crippen molar-refractivity contribution in [3.05, 3.63) is 71.8 Å². The summed E-state index contributed by atoms with van der Waals surface area (Å²) in [5, 5.41) is 20.2. The molecule has 2 nitrogen and oxygen atoms in total. The first-order valence-electron chi connectivity index (χ1n) is 6.04. The van der Waals surface area contributed by atoms with Crippen molar-refractivity contribution < 1.29 is 10.2 Å². The van der Waals surface area contributed by atoms with Crippen LogP contribution in [0.5, 0.6) is 11.5 Å². The van der Waals surface area contributed by atoms with Crippen LogP contribution in [-0.2, 0) is 6.42 Å². The van der Waals surface area contributed by atoms with Crippen molar-refractivity contribution in [1.29, 1.82) is 0 Å². The summed E-state index contributed by atoms with van der Waals surface area (Å²) >= 11 is 0. The number of rotatable bonds is 4. The van der Waals surface area contributed by atoms with Crippen LogP contribution >= 0.6 is 0 Å². The molecule has 2 heteroatoms. The van der Waals surface area contributed by atoms with Gasteiger partial charge in [-0.15, -0.1) is 0 Å². The number of phenolic OH excluding ortho intramolecular Hbond substituents is 2. The molecule has 2 N–H and O–H groups in total. The molecule has 2 aromatic rings. The Morgan fingerprint density at radius 3 is 2.26 bits per heavy atom. The zero-order valence-corrected chi connectivity index (χ0v) is 10.6. The minimum atomic E-state index is 0.105. The molecule has 0 radical (unpaired) electrons. The summed E-state index contributed by atoms with van der Waals surface area (Å²) in [5.41, 5.74) is 2.79. The van der Waals surface area contributed by atoms with Gasteiger partial charge in [0, 0.05) is 23.1 Å². The summed E-state index contributed by atoms with van der Waals surface area (Å²) < 4.78 is 0. The zero-order chi connectivity index (χ0) is 13.8. The van der Waals surface area contributed by atoms with E-state index in [1.54, 1.807) is 6.08 Å². The number of phenols is 2. The van der Waals surface area contributed by atoms with Gasteiger partial charge >= 0.3 is 0 Å². The molecule has 0 aliphatic heterocycles. The molecule has 2 rings (SSSR count). The van der Waals surface area contributed by atoms with Crippen molar-refractivity contribution >= 4 is 12.2 Å². The van der Waals surface area contributed by atoms with E-state index in [-0.39, 0.29) is 11.5 Å². The first-order chi connectivity index (χ1) is 9.17. The van der Waals surface area contributed by atoms with Crippen LogP contribution in [0.4, 0.5) is 0 Å². The zero-order valence-electron chi connectivity index (χ0n) is 10.6. The van der Waals surface area contributed by atoms with Crippen molar-refractivity contribution in [2.75, 3.05) is 0 Å². The van der Waals surface area contributed by atoms with E-state index in [2.05, 4.69) is 13.2 Å². The van der Waals surface area contributed by atoms with E-state index < -0.39 is 0 Å². The monoisotopic (exact) mass is 252 g/mol. The van der Waals surface area contributed by atoms with Crippen LogP contribution in [0.1, 0.15) is 22.3 Å². The lowest BCUT2D eigenvalue weighted by molar-refractivity contribution is 0.453. The van der Waals surface area contributed by atoms with Crippen LogP contribution in [0.15, 0.2) is 49.6 Å². The molecule has 2 aromatic carbocycles. The number of hydrogen-bond acceptors (Lipinski definition) is 2. The topological polar surface area (TPSA) is 40.5 Å². The van der Waals surface area contributed by atoms with Gasteiger partial charge in [0.25, 0.3) is 0 Å². The highest BCUT2D eigenvalue weighted by Gasteiger charge is 2.14. The smallest absolute Gasteiger partial charge is 0.130 e. The van der Waals surface area contributed by atoms with E-state index in [4.69, 9.17) is 0 Å². The van der Waals surface area contributed by atoms with Crippen LogP contribution in [0.25, 0.3) is 12.2 Å². The lowest BCUT2D eigenvalue weighted by Crippen LogP contribution is -1.95. The van der Waals surface area contributed by atoms with Gasteiger partial charge in [0.15, 0.2) is 0 Å². The van der Waals surface area contributed by atoms with Crippen molar-refractivity contribution in [2.24, 2.45) is 0 Å². The fourth-order valence-electron chi connectivity index (χ4n) is 2.10. The molecule has 96 valence electrons. The second-order valence-corrected chi connectivity index (χ2v) is 4.30. The van der Waals surface area contributed by atoms with Crippen LogP contribution in [0, 0.1) is 0 Å². The van der Waals surface area contributed by atoms with E-state index in [1.165, 1.54) is 12.1 Å². The average Bonchev–Trinajstić information content (AvgIpc) is 2.44. The highest BCUT2D eigenvalue weighted by Crippen LogP contribution is 2.35. The molecular weight excluding hydrogens is 236 g/mol. The lowest BCUT2D eigenvalue weighted by Gasteiger charge is -2.13. The molecule has 0 saturated heterocycles. The van der Waals surface area contributed by atoms with Crippen molar-refractivity contribution in [1.82, 2.24) is 0 Å². The maximum absolute atomic E-state index is 10.1. The molecule has 0 bridgehead atoms. The number of hydrogen-bond donors (Lipinski definition) is 2.